The number of nitrogens with zero attached hydrogens (tertiary/aromatic N) is 3. The Hall–Kier alpha value is -2.93. The average Bonchev–Trinajstić information content (AvgIpc) is 2.71. The average molecular weight is 400 g/mol. The van der Waals surface area contributed by atoms with Gasteiger partial charge in [-0.3, -0.25) is 9.79 Å². The van der Waals surface area contributed by atoms with Crippen LogP contribution in [0.3, 0.4) is 0 Å². The SMILES string of the molecule is CN=C(NCc1ccc(C(=O)N(C)C)cc1)NCC(c1ccc(F)cc1)N(C)C. The van der Waals surface area contributed by atoms with Crippen LogP contribution >= 0.6 is 0 Å². The second kappa shape index (κ2) is 10.6. The van der Waals surface area contributed by atoms with E-state index in [9.17, 15) is 9.18 Å². The first-order valence-electron chi connectivity index (χ1n) is 9.48. The van der Waals surface area contributed by atoms with E-state index in [1.807, 2.05) is 38.4 Å². The van der Waals surface area contributed by atoms with Crippen molar-refractivity contribution in [3.63, 3.8) is 0 Å². The van der Waals surface area contributed by atoms with Crippen LogP contribution in [0.5, 0.6) is 0 Å². The number of likely N-dealkylation sites (N-methyl/N-ethyl adjacent to an activating group) is 1. The molecular weight excluding hydrogens is 369 g/mol. The first-order chi connectivity index (χ1) is 13.8. The highest BCUT2D eigenvalue weighted by atomic mass is 19.1. The monoisotopic (exact) mass is 399 g/mol. The molecule has 0 fully saturated rings. The van der Waals surface area contributed by atoms with Gasteiger partial charge in [-0.25, -0.2) is 4.39 Å². The van der Waals surface area contributed by atoms with Crippen LogP contribution in [-0.2, 0) is 6.54 Å². The number of guanidine groups is 1. The van der Waals surface area contributed by atoms with Gasteiger partial charge in [0.1, 0.15) is 5.82 Å². The molecule has 0 aliphatic carbocycles. The Morgan fingerprint density at radius 2 is 1.62 bits per heavy atom. The zero-order chi connectivity index (χ0) is 21.4. The van der Waals surface area contributed by atoms with Gasteiger partial charge >= 0.3 is 0 Å². The minimum Gasteiger partial charge on any atom is -0.354 e. The Balaban J connectivity index is 1.93. The van der Waals surface area contributed by atoms with Gasteiger partial charge in [-0.05, 0) is 49.5 Å². The fourth-order valence-electron chi connectivity index (χ4n) is 2.91. The molecule has 1 unspecified atom stereocenters. The van der Waals surface area contributed by atoms with Crippen molar-refractivity contribution >= 4 is 11.9 Å². The summed E-state index contributed by atoms with van der Waals surface area (Å²) in [6, 6.07) is 14.1. The van der Waals surface area contributed by atoms with Gasteiger partial charge in [0.2, 0.25) is 0 Å². The number of amides is 1. The molecule has 2 rings (SSSR count). The number of aliphatic imine (C=N–C) groups is 1. The van der Waals surface area contributed by atoms with E-state index >= 15 is 0 Å². The highest BCUT2D eigenvalue weighted by Crippen LogP contribution is 2.17. The van der Waals surface area contributed by atoms with Crippen molar-refractivity contribution in [3.05, 3.63) is 71.0 Å². The third kappa shape index (κ3) is 6.57. The van der Waals surface area contributed by atoms with Gasteiger partial charge in [-0.2, -0.15) is 0 Å². The molecule has 0 bridgehead atoms. The molecular formula is C22H30FN5O. The number of benzene rings is 2. The molecule has 29 heavy (non-hydrogen) atoms. The molecule has 0 saturated heterocycles. The number of nitrogens with one attached hydrogen (secondary N) is 2. The second-order valence-corrected chi connectivity index (χ2v) is 7.23. The first kappa shape index (κ1) is 22.4. The molecule has 2 N–H and O–H groups in total. The zero-order valence-corrected chi connectivity index (χ0v) is 17.7. The highest BCUT2D eigenvalue weighted by molar-refractivity contribution is 5.93. The third-order valence-corrected chi connectivity index (χ3v) is 4.63. The first-order valence-corrected chi connectivity index (χ1v) is 9.48. The number of hydrogen-bond donors (Lipinski definition) is 2. The van der Waals surface area contributed by atoms with Crippen molar-refractivity contribution in [2.24, 2.45) is 4.99 Å². The number of halogens is 1. The van der Waals surface area contributed by atoms with Crippen molar-refractivity contribution in [2.75, 3.05) is 41.8 Å². The van der Waals surface area contributed by atoms with E-state index in [1.54, 1.807) is 38.2 Å². The predicted octanol–water partition coefficient (Wildman–Crippen LogP) is 2.50. The largest absolute Gasteiger partial charge is 0.354 e. The standard InChI is InChI=1S/C22H30FN5O/c1-24-22(25-14-16-6-8-18(9-7-16)21(29)28(4)5)26-15-20(27(2)3)17-10-12-19(23)13-11-17/h6-13,20H,14-15H2,1-5H3,(H2,24,25,26). The van der Waals surface area contributed by atoms with E-state index in [1.165, 1.54) is 12.1 Å². The van der Waals surface area contributed by atoms with E-state index in [0.717, 1.165) is 11.1 Å². The molecule has 0 radical (unpaired) electrons. The quantitative estimate of drug-likeness (QED) is 0.555. The summed E-state index contributed by atoms with van der Waals surface area (Å²) < 4.78 is 13.2. The Bertz CT molecular complexity index is 816. The normalized spacial score (nSPS) is 12.6. The lowest BCUT2D eigenvalue weighted by molar-refractivity contribution is 0.0827. The van der Waals surface area contributed by atoms with Gasteiger partial charge in [0.25, 0.3) is 5.91 Å². The van der Waals surface area contributed by atoms with Crippen LogP contribution in [0.1, 0.15) is 27.5 Å². The molecule has 6 nitrogen and oxygen atoms in total. The van der Waals surface area contributed by atoms with Crippen LogP contribution < -0.4 is 10.6 Å². The van der Waals surface area contributed by atoms with Crippen molar-refractivity contribution in [2.45, 2.75) is 12.6 Å². The lowest BCUT2D eigenvalue weighted by Gasteiger charge is -2.26. The van der Waals surface area contributed by atoms with Crippen LogP contribution in [0.25, 0.3) is 0 Å². The van der Waals surface area contributed by atoms with Crippen LogP contribution in [0.15, 0.2) is 53.5 Å². The molecule has 0 aromatic heterocycles. The molecule has 0 aliphatic rings. The molecule has 1 atom stereocenters. The Kier molecular flexibility index (Phi) is 8.15. The Labute approximate surface area is 172 Å². The van der Waals surface area contributed by atoms with Crippen molar-refractivity contribution in [1.29, 1.82) is 0 Å². The van der Waals surface area contributed by atoms with E-state index < -0.39 is 0 Å². The van der Waals surface area contributed by atoms with E-state index in [4.69, 9.17) is 0 Å². The maximum atomic E-state index is 13.2. The summed E-state index contributed by atoms with van der Waals surface area (Å²) in [6.07, 6.45) is 0. The number of carbonyl (C=O) groups is 1. The summed E-state index contributed by atoms with van der Waals surface area (Å²) in [5, 5.41) is 6.60. The minimum absolute atomic E-state index is 0.0162. The number of rotatable bonds is 7. The molecule has 2 aromatic rings. The van der Waals surface area contributed by atoms with Gasteiger partial charge in [0, 0.05) is 39.8 Å². The summed E-state index contributed by atoms with van der Waals surface area (Å²) in [6.45, 7) is 1.20. The predicted molar refractivity (Wildman–Crippen MR) is 115 cm³/mol. The summed E-state index contributed by atoms with van der Waals surface area (Å²) in [4.78, 5) is 19.9. The van der Waals surface area contributed by atoms with E-state index in [-0.39, 0.29) is 17.8 Å². The van der Waals surface area contributed by atoms with Gasteiger partial charge in [0.15, 0.2) is 5.96 Å². The molecule has 1 amide bonds. The van der Waals surface area contributed by atoms with Crippen LogP contribution in [0, 0.1) is 5.82 Å². The lowest BCUT2D eigenvalue weighted by atomic mass is 10.1. The van der Waals surface area contributed by atoms with Crippen molar-refractivity contribution in [1.82, 2.24) is 20.4 Å². The fourth-order valence-corrected chi connectivity index (χ4v) is 2.91. The second-order valence-electron chi connectivity index (χ2n) is 7.23. The van der Waals surface area contributed by atoms with Gasteiger partial charge in [-0.15, -0.1) is 0 Å². The molecule has 0 spiro atoms. The van der Waals surface area contributed by atoms with Crippen LogP contribution in [0.4, 0.5) is 4.39 Å². The smallest absolute Gasteiger partial charge is 0.253 e. The summed E-state index contributed by atoms with van der Waals surface area (Å²) in [5.74, 6) is 0.417. The number of hydrogen-bond acceptors (Lipinski definition) is 3. The molecule has 7 heteroatoms. The topological polar surface area (TPSA) is 60.0 Å². The molecule has 0 heterocycles. The molecule has 0 saturated carbocycles. The summed E-state index contributed by atoms with van der Waals surface area (Å²) in [5.41, 5.74) is 2.74. The van der Waals surface area contributed by atoms with Crippen LogP contribution in [-0.4, -0.2) is 63.4 Å². The van der Waals surface area contributed by atoms with Gasteiger partial charge in [-0.1, -0.05) is 24.3 Å². The lowest BCUT2D eigenvalue weighted by Crippen LogP contribution is -2.41. The Morgan fingerprint density at radius 3 is 2.14 bits per heavy atom. The van der Waals surface area contributed by atoms with Gasteiger partial charge in [0.05, 0.1) is 6.04 Å². The zero-order valence-electron chi connectivity index (χ0n) is 17.7. The number of carbonyl (C=O) groups excluding carboxylic acids is 1. The maximum absolute atomic E-state index is 13.2. The van der Waals surface area contributed by atoms with Gasteiger partial charge < -0.3 is 20.4 Å². The van der Waals surface area contributed by atoms with E-state index in [2.05, 4.69) is 20.5 Å². The highest BCUT2D eigenvalue weighted by Gasteiger charge is 2.15. The van der Waals surface area contributed by atoms with E-state index in [0.29, 0.717) is 24.6 Å². The summed E-state index contributed by atoms with van der Waals surface area (Å²) in [7, 11) is 9.17. The van der Waals surface area contributed by atoms with Crippen molar-refractivity contribution < 1.29 is 9.18 Å². The molecule has 0 aliphatic heterocycles. The summed E-state index contributed by atoms with van der Waals surface area (Å²) >= 11 is 0. The minimum atomic E-state index is -0.241. The van der Waals surface area contributed by atoms with Crippen molar-refractivity contribution in [3.8, 4) is 0 Å². The fraction of sp³-hybridized carbons (Fsp3) is 0.364. The molecule has 2 aromatic carbocycles. The third-order valence-electron chi connectivity index (χ3n) is 4.63. The maximum Gasteiger partial charge on any atom is 0.253 e. The Morgan fingerprint density at radius 1 is 1.00 bits per heavy atom. The van der Waals surface area contributed by atoms with Crippen LogP contribution in [0.2, 0.25) is 0 Å². The molecule has 156 valence electrons.